The standard InChI is InChI=1S/C19H36ClO3.Y/c1-3-4-5-6-10-16-17(19(23)13-18(16)20)12-11-15(22)9-7-8-14(2)21;/h14-19,21-23H,1,3-13H2,2H3;/q-1;. The molecule has 3 N–H and O–H groups in total. The second kappa shape index (κ2) is 14.3. The molecule has 1 fully saturated rings. The van der Waals surface area contributed by atoms with Crippen molar-refractivity contribution in [3.8, 4) is 0 Å². The number of halogens is 1. The summed E-state index contributed by atoms with van der Waals surface area (Å²) in [6, 6.07) is 0. The molecule has 24 heavy (non-hydrogen) atoms. The zero-order chi connectivity index (χ0) is 17.2. The van der Waals surface area contributed by atoms with Crippen LogP contribution in [0, 0.1) is 18.8 Å². The van der Waals surface area contributed by atoms with Crippen LogP contribution in [0.2, 0.25) is 0 Å². The van der Waals surface area contributed by atoms with E-state index in [0.29, 0.717) is 12.3 Å². The second-order valence-electron chi connectivity index (χ2n) is 7.36. The molecule has 0 aliphatic heterocycles. The maximum Gasteiger partial charge on any atom is 0.0585 e. The molecule has 0 aromatic rings. The van der Waals surface area contributed by atoms with Crippen molar-refractivity contribution in [1.82, 2.24) is 0 Å². The van der Waals surface area contributed by atoms with Crippen LogP contribution in [0.3, 0.4) is 0 Å². The average molecular weight is 437 g/mol. The number of alkyl halides is 1. The molecule has 6 unspecified atom stereocenters. The zero-order valence-corrected chi connectivity index (χ0v) is 18.8. The Balaban J connectivity index is 0.00000529. The van der Waals surface area contributed by atoms with E-state index in [0.717, 1.165) is 57.8 Å². The zero-order valence-electron chi connectivity index (χ0n) is 15.2. The van der Waals surface area contributed by atoms with Gasteiger partial charge in [0, 0.05) is 38.1 Å². The van der Waals surface area contributed by atoms with Gasteiger partial charge in [0.25, 0.3) is 0 Å². The van der Waals surface area contributed by atoms with Gasteiger partial charge >= 0.3 is 0 Å². The molecule has 0 saturated heterocycles. The molecule has 0 aromatic heterocycles. The van der Waals surface area contributed by atoms with Crippen molar-refractivity contribution in [3.63, 3.8) is 0 Å². The summed E-state index contributed by atoms with van der Waals surface area (Å²) in [6.07, 6.45) is 9.19. The Bertz CT molecular complexity index is 304. The van der Waals surface area contributed by atoms with Gasteiger partial charge in [0.2, 0.25) is 0 Å². The van der Waals surface area contributed by atoms with Crippen molar-refractivity contribution in [2.75, 3.05) is 0 Å². The molecule has 3 nitrogen and oxygen atoms in total. The summed E-state index contributed by atoms with van der Waals surface area (Å²) < 4.78 is 0. The molecule has 0 spiro atoms. The summed E-state index contributed by atoms with van der Waals surface area (Å²) >= 11 is 6.45. The van der Waals surface area contributed by atoms with Crippen LogP contribution in [0.15, 0.2) is 0 Å². The normalized spacial score (nSPS) is 29.2. The molecule has 1 radical (unpaired) electrons. The average Bonchev–Trinajstić information content (AvgIpc) is 2.75. The molecule has 1 aliphatic carbocycles. The maximum atomic E-state index is 10.3. The number of aliphatic hydroxyl groups is 3. The van der Waals surface area contributed by atoms with Gasteiger partial charge in [0.15, 0.2) is 0 Å². The quantitative estimate of drug-likeness (QED) is 0.245. The van der Waals surface area contributed by atoms with Gasteiger partial charge in [0.05, 0.1) is 18.3 Å². The minimum atomic E-state index is -0.331. The smallest absolute Gasteiger partial charge is 0.0585 e. The van der Waals surface area contributed by atoms with Gasteiger partial charge in [-0.05, 0) is 63.7 Å². The van der Waals surface area contributed by atoms with Gasteiger partial charge in [-0.15, -0.1) is 11.6 Å². The third-order valence-corrected chi connectivity index (χ3v) is 5.76. The Kier molecular flexibility index (Phi) is 15.1. The minimum Gasteiger partial charge on any atom is -0.393 e. The first-order chi connectivity index (χ1) is 11.0. The summed E-state index contributed by atoms with van der Waals surface area (Å²) in [4.78, 5) is 0. The molecule has 6 atom stereocenters. The largest absolute Gasteiger partial charge is 0.393 e. The number of rotatable bonds is 12. The van der Waals surface area contributed by atoms with Crippen molar-refractivity contribution in [3.05, 3.63) is 6.92 Å². The summed E-state index contributed by atoms with van der Waals surface area (Å²) in [5.41, 5.74) is 0. The van der Waals surface area contributed by atoms with E-state index in [1.165, 1.54) is 6.42 Å². The first kappa shape index (κ1) is 25.3. The molecular formula is C19H36ClO3Y-. The number of unbranched alkanes of at least 4 members (excludes halogenated alkanes) is 3. The first-order valence-electron chi connectivity index (χ1n) is 9.43. The Morgan fingerprint density at radius 2 is 1.71 bits per heavy atom. The van der Waals surface area contributed by atoms with Crippen LogP contribution < -0.4 is 0 Å². The van der Waals surface area contributed by atoms with Crippen LogP contribution in [-0.4, -0.2) is 39.0 Å². The van der Waals surface area contributed by atoms with Crippen molar-refractivity contribution in [2.24, 2.45) is 11.8 Å². The van der Waals surface area contributed by atoms with Crippen LogP contribution >= 0.6 is 11.6 Å². The second-order valence-corrected chi connectivity index (χ2v) is 7.92. The summed E-state index contributed by atoms with van der Waals surface area (Å²) in [7, 11) is 0. The summed E-state index contributed by atoms with van der Waals surface area (Å²) in [5, 5.41) is 29.7. The first-order valence-corrected chi connectivity index (χ1v) is 9.86. The van der Waals surface area contributed by atoms with Crippen LogP contribution in [0.25, 0.3) is 0 Å². The number of aliphatic hydroxyl groups excluding tert-OH is 3. The SMILES string of the molecule is [CH2-]CCCCCC1C(Cl)CC(O)C1CCC(O)CCCC(C)O.[Y]. The molecule has 0 bridgehead atoms. The van der Waals surface area contributed by atoms with Gasteiger partial charge in [-0.1, -0.05) is 19.3 Å². The predicted molar refractivity (Wildman–Crippen MR) is 96.5 cm³/mol. The fourth-order valence-corrected chi connectivity index (χ4v) is 4.34. The van der Waals surface area contributed by atoms with E-state index in [-0.39, 0.29) is 62.3 Å². The fourth-order valence-electron chi connectivity index (χ4n) is 3.85. The van der Waals surface area contributed by atoms with Crippen molar-refractivity contribution < 1.29 is 48.0 Å². The summed E-state index contributed by atoms with van der Waals surface area (Å²) in [6.45, 7) is 5.65. The van der Waals surface area contributed by atoms with Gasteiger partial charge < -0.3 is 22.2 Å². The van der Waals surface area contributed by atoms with Crippen LogP contribution in [0.1, 0.15) is 77.6 Å². The molecular weight excluding hydrogens is 401 g/mol. The van der Waals surface area contributed by atoms with Gasteiger partial charge in [0.1, 0.15) is 0 Å². The van der Waals surface area contributed by atoms with Crippen molar-refractivity contribution >= 4 is 11.6 Å². The van der Waals surface area contributed by atoms with Gasteiger partial charge in [-0.3, -0.25) is 0 Å². The van der Waals surface area contributed by atoms with Crippen molar-refractivity contribution in [1.29, 1.82) is 0 Å². The van der Waals surface area contributed by atoms with Gasteiger partial charge in [-0.2, -0.15) is 6.42 Å². The minimum absolute atomic E-state index is 0. The van der Waals surface area contributed by atoms with Crippen molar-refractivity contribution in [2.45, 2.75) is 101 Å². The van der Waals surface area contributed by atoms with E-state index in [1.807, 2.05) is 0 Å². The monoisotopic (exact) mass is 436 g/mol. The molecule has 141 valence electrons. The van der Waals surface area contributed by atoms with E-state index in [1.54, 1.807) is 6.92 Å². The number of hydrogen-bond donors (Lipinski definition) is 3. The molecule has 1 aliphatic rings. The van der Waals surface area contributed by atoms with Crippen LogP contribution in [-0.2, 0) is 32.7 Å². The topological polar surface area (TPSA) is 60.7 Å². The molecule has 1 saturated carbocycles. The van der Waals surface area contributed by atoms with Crippen LogP contribution in [0.4, 0.5) is 0 Å². The Labute approximate surface area is 178 Å². The van der Waals surface area contributed by atoms with E-state index < -0.39 is 0 Å². The van der Waals surface area contributed by atoms with E-state index in [4.69, 9.17) is 11.6 Å². The predicted octanol–water partition coefficient (Wildman–Crippen LogP) is 4.07. The maximum absolute atomic E-state index is 10.3. The van der Waals surface area contributed by atoms with E-state index >= 15 is 0 Å². The van der Waals surface area contributed by atoms with Gasteiger partial charge in [-0.25, -0.2) is 0 Å². The Hall–Kier alpha value is 1.27. The molecule has 0 amide bonds. The van der Waals surface area contributed by atoms with Crippen LogP contribution in [0.5, 0.6) is 0 Å². The Morgan fingerprint density at radius 1 is 1.00 bits per heavy atom. The molecule has 0 aromatic carbocycles. The molecule has 1 rings (SSSR count). The third kappa shape index (κ3) is 9.83. The number of hydrogen-bond acceptors (Lipinski definition) is 3. The third-order valence-electron chi connectivity index (χ3n) is 5.26. The molecule has 5 heteroatoms. The van der Waals surface area contributed by atoms with E-state index in [9.17, 15) is 15.3 Å². The fraction of sp³-hybridized carbons (Fsp3) is 0.947. The summed E-state index contributed by atoms with van der Waals surface area (Å²) in [5.74, 6) is 0.602. The Morgan fingerprint density at radius 3 is 2.33 bits per heavy atom. The van der Waals surface area contributed by atoms with E-state index in [2.05, 4.69) is 6.92 Å². The molecule has 0 heterocycles.